The molecule has 1 aromatic heterocycles. The molecule has 1 aromatic rings. The lowest BCUT2D eigenvalue weighted by molar-refractivity contribution is -0.163. The van der Waals surface area contributed by atoms with E-state index in [4.69, 9.17) is 0 Å². The van der Waals surface area contributed by atoms with E-state index < -0.39 is 11.0 Å². The molecule has 2 heterocycles. The van der Waals surface area contributed by atoms with E-state index in [0.717, 1.165) is 50.5 Å². The fourth-order valence-electron chi connectivity index (χ4n) is 7.77. The van der Waals surface area contributed by atoms with Gasteiger partial charge in [0, 0.05) is 50.8 Å². The van der Waals surface area contributed by atoms with Crippen molar-refractivity contribution in [3.8, 4) is 0 Å². The van der Waals surface area contributed by atoms with Crippen LogP contribution in [0.1, 0.15) is 112 Å². The third kappa shape index (κ3) is 5.32. The number of hydrogen-bond donors (Lipinski definition) is 1. The number of rotatable bonds is 7. The minimum atomic E-state index is -1.09. The number of carbonyl (C=O) groups excluding carboxylic acids is 2. The van der Waals surface area contributed by atoms with Crippen molar-refractivity contribution in [3.63, 3.8) is 0 Å². The Morgan fingerprint density at radius 3 is 2.37 bits per heavy atom. The second-order valence-electron chi connectivity index (χ2n) is 13.3. The third-order valence-electron chi connectivity index (χ3n) is 10.2. The maximum Gasteiger partial charge on any atom is 0.255 e. The Hall–Kier alpha value is -2.15. The molecule has 1 saturated heterocycles. The van der Waals surface area contributed by atoms with Crippen molar-refractivity contribution in [1.82, 2.24) is 14.4 Å². The molecular weight excluding hydrogens is 478 g/mol. The highest BCUT2D eigenvalue weighted by Gasteiger charge is 2.56. The van der Waals surface area contributed by atoms with Gasteiger partial charge in [-0.15, -0.1) is 0 Å². The molecule has 5 rings (SSSR count). The number of amides is 2. The Bertz CT molecular complexity index is 1090. The van der Waals surface area contributed by atoms with Crippen molar-refractivity contribution in [2.45, 2.75) is 108 Å². The quantitative estimate of drug-likeness (QED) is 0.566. The lowest BCUT2D eigenvalue weighted by Gasteiger charge is -2.53. The molecule has 210 valence electrons. The van der Waals surface area contributed by atoms with E-state index in [-0.39, 0.29) is 35.8 Å². The van der Waals surface area contributed by atoms with Crippen molar-refractivity contribution in [2.24, 2.45) is 17.3 Å². The van der Waals surface area contributed by atoms with E-state index >= 15 is 0 Å². The molecule has 0 aromatic carbocycles. The molecular formula is C31H47N3O4. The summed E-state index contributed by atoms with van der Waals surface area (Å²) < 4.78 is 1.58. The van der Waals surface area contributed by atoms with Crippen LogP contribution in [0.25, 0.3) is 0 Å². The zero-order valence-electron chi connectivity index (χ0n) is 23.7. The van der Waals surface area contributed by atoms with Crippen LogP contribution in [-0.4, -0.2) is 64.1 Å². The largest absolute Gasteiger partial charge is 0.387 e. The third-order valence-corrected chi connectivity index (χ3v) is 10.2. The predicted molar refractivity (Wildman–Crippen MR) is 148 cm³/mol. The molecule has 7 nitrogen and oxygen atoms in total. The summed E-state index contributed by atoms with van der Waals surface area (Å²) in [5.74, 6) is 1.09. The van der Waals surface area contributed by atoms with Gasteiger partial charge in [-0.05, 0) is 55.9 Å². The van der Waals surface area contributed by atoms with Crippen LogP contribution in [0.4, 0.5) is 0 Å². The second-order valence-corrected chi connectivity index (χ2v) is 13.3. The second kappa shape index (κ2) is 10.8. The highest BCUT2D eigenvalue weighted by Crippen LogP contribution is 2.52. The number of piperidine rings is 1. The van der Waals surface area contributed by atoms with Crippen LogP contribution in [0.3, 0.4) is 0 Å². The smallest absolute Gasteiger partial charge is 0.255 e. The van der Waals surface area contributed by atoms with Crippen LogP contribution < -0.4 is 5.56 Å². The van der Waals surface area contributed by atoms with Gasteiger partial charge in [0.15, 0.2) is 0 Å². The van der Waals surface area contributed by atoms with Gasteiger partial charge < -0.3 is 19.5 Å². The maximum atomic E-state index is 13.6. The zero-order chi connectivity index (χ0) is 27.1. The number of pyridine rings is 1. The van der Waals surface area contributed by atoms with Crippen molar-refractivity contribution in [3.05, 3.63) is 33.7 Å². The summed E-state index contributed by atoms with van der Waals surface area (Å²) in [6.45, 7) is 3.34. The van der Waals surface area contributed by atoms with Crippen LogP contribution in [-0.2, 0) is 11.3 Å². The van der Waals surface area contributed by atoms with Crippen LogP contribution in [0.5, 0.6) is 0 Å². The summed E-state index contributed by atoms with van der Waals surface area (Å²) in [5, 5.41) is 12.2. The highest BCUT2D eigenvalue weighted by atomic mass is 16.3. The Morgan fingerprint density at radius 1 is 1.05 bits per heavy atom. The summed E-state index contributed by atoms with van der Waals surface area (Å²) in [5.41, 5.74) is -0.226. The van der Waals surface area contributed by atoms with Crippen LogP contribution in [0.2, 0.25) is 0 Å². The van der Waals surface area contributed by atoms with Crippen LogP contribution >= 0.6 is 0 Å². The SMILES string of the molecule is C[C@H](CC1CCCCC1)C(=O)N1CC[C@](O)(Cn2cc(C(=O)N(C)C)c(C3CC3)cc2=O)C2(CCCC2)C1. The number of aliphatic hydroxyl groups is 1. The standard InChI is InChI=1S/C31H47N3O4/c1-22(17-23-9-5-4-6-10-23)28(36)33-16-15-31(38,30(20-33)13-7-8-14-30)21-34-19-26(29(37)32(2)3)25(18-27(34)35)24-11-12-24/h18-19,22-24,38H,4-17,20-21H2,1-3H3/t22-,31+/m1/s1. The van der Waals surface area contributed by atoms with E-state index in [9.17, 15) is 19.5 Å². The van der Waals surface area contributed by atoms with Crippen molar-refractivity contribution < 1.29 is 14.7 Å². The van der Waals surface area contributed by atoms with Crippen molar-refractivity contribution in [1.29, 1.82) is 0 Å². The molecule has 0 unspecified atom stereocenters. The van der Waals surface area contributed by atoms with Gasteiger partial charge in [0.25, 0.3) is 11.5 Å². The van der Waals surface area contributed by atoms with E-state index in [1.165, 1.54) is 32.1 Å². The molecule has 0 radical (unpaired) electrons. The highest BCUT2D eigenvalue weighted by molar-refractivity contribution is 5.95. The fourth-order valence-corrected chi connectivity index (χ4v) is 7.77. The molecule has 2 atom stereocenters. The summed E-state index contributed by atoms with van der Waals surface area (Å²) in [4.78, 5) is 43.4. The Morgan fingerprint density at radius 2 is 1.74 bits per heavy atom. The number of nitrogens with zero attached hydrogens (tertiary/aromatic N) is 3. The Labute approximate surface area is 227 Å². The first-order chi connectivity index (χ1) is 18.1. The zero-order valence-corrected chi connectivity index (χ0v) is 23.7. The average molecular weight is 526 g/mol. The molecule has 4 fully saturated rings. The van der Waals surface area contributed by atoms with E-state index in [1.807, 2.05) is 4.90 Å². The lowest BCUT2D eigenvalue weighted by Crippen LogP contribution is -2.62. The van der Waals surface area contributed by atoms with E-state index in [1.54, 1.807) is 35.8 Å². The molecule has 1 N–H and O–H groups in total. The Kier molecular flexibility index (Phi) is 7.78. The van der Waals surface area contributed by atoms with Gasteiger partial charge in [0.1, 0.15) is 0 Å². The number of hydrogen-bond acceptors (Lipinski definition) is 4. The van der Waals surface area contributed by atoms with Crippen molar-refractivity contribution >= 4 is 11.8 Å². The van der Waals surface area contributed by atoms with Gasteiger partial charge in [-0.2, -0.15) is 0 Å². The molecule has 0 bridgehead atoms. The molecule has 4 aliphatic rings. The molecule has 1 spiro atoms. The van der Waals surface area contributed by atoms with Crippen LogP contribution in [0, 0.1) is 17.3 Å². The van der Waals surface area contributed by atoms with Crippen LogP contribution in [0.15, 0.2) is 17.1 Å². The minimum absolute atomic E-state index is 0.0138. The fraction of sp³-hybridized carbons (Fsp3) is 0.774. The summed E-state index contributed by atoms with van der Waals surface area (Å²) in [6.07, 6.45) is 15.3. The molecule has 3 aliphatic carbocycles. The Balaban J connectivity index is 1.36. The molecule has 2 amide bonds. The van der Waals surface area contributed by atoms with E-state index in [2.05, 4.69) is 6.92 Å². The number of likely N-dealkylation sites (tertiary alicyclic amines) is 1. The van der Waals surface area contributed by atoms with Crippen molar-refractivity contribution in [2.75, 3.05) is 27.2 Å². The summed E-state index contributed by atoms with van der Waals surface area (Å²) in [6, 6.07) is 1.63. The normalized spacial score (nSPS) is 26.5. The topological polar surface area (TPSA) is 82.8 Å². The minimum Gasteiger partial charge on any atom is -0.387 e. The first-order valence-electron chi connectivity index (χ1n) is 15.1. The number of carbonyl (C=O) groups is 2. The first kappa shape index (κ1) is 27.4. The summed E-state index contributed by atoms with van der Waals surface area (Å²) in [7, 11) is 3.47. The summed E-state index contributed by atoms with van der Waals surface area (Å²) >= 11 is 0. The van der Waals surface area contributed by atoms with Gasteiger partial charge in [0.2, 0.25) is 5.91 Å². The lowest BCUT2D eigenvalue weighted by atomic mass is 9.65. The molecule has 38 heavy (non-hydrogen) atoms. The molecule has 1 aliphatic heterocycles. The number of aromatic nitrogens is 1. The van der Waals surface area contributed by atoms with Gasteiger partial charge in [-0.3, -0.25) is 14.4 Å². The first-order valence-corrected chi connectivity index (χ1v) is 15.1. The maximum absolute atomic E-state index is 13.6. The van der Waals surface area contributed by atoms with E-state index in [0.29, 0.717) is 31.0 Å². The van der Waals surface area contributed by atoms with Gasteiger partial charge in [-0.1, -0.05) is 51.9 Å². The molecule has 7 heteroatoms. The van der Waals surface area contributed by atoms with Gasteiger partial charge in [-0.25, -0.2) is 0 Å². The monoisotopic (exact) mass is 525 g/mol. The van der Waals surface area contributed by atoms with Gasteiger partial charge >= 0.3 is 0 Å². The average Bonchev–Trinajstić information content (AvgIpc) is 3.64. The van der Waals surface area contributed by atoms with Gasteiger partial charge in [0.05, 0.1) is 17.7 Å². The molecule has 3 saturated carbocycles. The predicted octanol–water partition coefficient (Wildman–Crippen LogP) is 4.56.